The third-order valence-corrected chi connectivity index (χ3v) is 6.14. The lowest BCUT2D eigenvalue weighted by Gasteiger charge is -2.44. The average molecular weight is 350 g/mol. The fourth-order valence-corrected chi connectivity index (χ4v) is 4.68. The van der Waals surface area contributed by atoms with E-state index in [4.69, 9.17) is 9.47 Å². The second-order valence-electron chi connectivity index (χ2n) is 5.98. The summed E-state index contributed by atoms with van der Waals surface area (Å²) < 4.78 is 10.1. The summed E-state index contributed by atoms with van der Waals surface area (Å²) >= 11 is 1.69. The number of amides is 2. The maximum Gasteiger partial charge on any atom is 0.248 e. The Bertz CT molecular complexity index is 612. The smallest absolute Gasteiger partial charge is 0.248 e. The minimum atomic E-state index is -0.254. The van der Waals surface area contributed by atoms with Crippen LogP contribution in [0.1, 0.15) is 12.8 Å². The van der Waals surface area contributed by atoms with Gasteiger partial charge in [0.15, 0.2) is 0 Å². The Morgan fingerprint density at radius 1 is 1.21 bits per heavy atom. The number of carbonyl (C=O) groups is 2. The zero-order valence-corrected chi connectivity index (χ0v) is 14.8. The summed E-state index contributed by atoms with van der Waals surface area (Å²) in [6.45, 7) is 1.41. The number of hydrogen-bond acceptors (Lipinski definition) is 5. The lowest BCUT2D eigenvalue weighted by atomic mass is 10.0. The van der Waals surface area contributed by atoms with Crippen molar-refractivity contribution in [3.05, 3.63) is 24.3 Å². The van der Waals surface area contributed by atoms with E-state index in [-0.39, 0.29) is 23.3 Å². The number of methoxy groups -OCH3 is 2. The monoisotopic (exact) mass is 350 g/mol. The van der Waals surface area contributed by atoms with Gasteiger partial charge in [0.05, 0.1) is 17.7 Å². The first kappa shape index (κ1) is 17.1. The molecule has 1 spiro atoms. The van der Waals surface area contributed by atoms with Crippen LogP contribution < -0.4 is 9.64 Å². The van der Waals surface area contributed by atoms with Crippen LogP contribution >= 0.6 is 11.8 Å². The number of rotatable bonds is 4. The fraction of sp³-hybridized carbons (Fsp3) is 0.529. The first-order valence-corrected chi connectivity index (χ1v) is 8.96. The molecule has 1 aromatic rings. The highest BCUT2D eigenvalue weighted by molar-refractivity contribution is 8.02. The molecule has 1 aromatic carbocycles. The quantitative estimate of drug-likeness (QED) is 0.828. The first-order valence-electron chi connectivity index (χ1n) is 7.97. The van der Waals surface area contributed by atoms with Crippen molar-refractivity contribution < 1.29 is 19.1 Å². The Morgan fingerprint density at radius 3 is 2.46 bits per heavy atom. The molecule has 0 bridgehead atoms. The van der Waals surface area contributed by atoms with Crippen LogP contribution in [0, 0.1) is 0 Å². The predicted molar refractivity (Wildman–Crippen MR) is 93.4 cm³/mol. The van der Waals surface area contributed by atoms with Gasteiger partial charge in [-0.05, 0) is 37.1 Å². The number of ether oxygens (including phenoxy) is 2. The molecule has 2 saturated heterocycles. The van der Waals surface area contributed by atoms with Crippen molar-refractivity contribution in [3.63, 3.8) is 0 Å². The van der Waals surface area contributed by atoms with Crippen LogP contribution in [0.25, 0.3) is 0 Å². The van der Waals surface area contributed by atoms with E-state index in [0.29, 0.717) is 18.8 Å². The molecular weight excluding hydrogens is 328 g/mol. The van der Waals surface area contributed by atoms with Crippen molar-refractivity contribution in [1.29, 1.82) is 0 Å². The molecule has 24 heavy (non-hydrogen) atoms. The summed E-state index contributed by atoms with van der Waals surface area (Å²) in [4.78, 5) is 28.0. The summed E-state index contributed by atoms with van der Waals surface area (Å²) in [6.07, 6.45) is 1.54. The van der Waals surface area contributed by atoms with Crippen LogP contribution in [0.2, 0.25) is 0 Å². The number of piperidine rings is 1. The summed E-state index contributed by atoms with van der Waals surface area (Å²) in [7, 11) is 3.15. The highest BCUT2D eigenvalue weighted by atomic mass is 32.2. The highest BCUT2D eigenvalue weighted by Crippen LogP contribution is 2.46. The highest BCUT2D eigenvalue weighted by Gasteiger charge is 2.49. The number of hydrogen-bond donors (Lipinski definition) is 0. The van der Waals surface area contributed by atoms with Crippen LogP contribution in [-0.2, 0) is 14.3 Å². The van der Waals surface area contributed by atoms with Crippen LogP contribution in [0.5, 0.6) is 5.75 Å². The summed E-state index contributed by atoms with van der Waals surface area (Å²) in [5.74, 6) is 1.39. The van der Waals surface area contributed by atoms with E-state index in [9.17, 15) is 9.59 Å². The van der Waals surface area contributed by atoms with Crippen molar-refractivity contribution in [3.8, 4) is 5.75 Å². The van der Waals surface area contributed by atoms with Gasteiger partial charge in [0.1, 0.15) is 12.4 Å². The Kier molecular flexibility index (Phi) is 5.01. The largest absolute Gasteiger partial charge is 0.497 e. The van der Waals surface area contributed by atoms with Crippen molar-refractivity contribution in [2.45, 2.75) is 17.7 Å². The molecule has 0 radical (unpaired) electrons. The summed E-state index contributed by atoms with van der Waals surface area (Å²) in [5.41, 5.74) is 0.891. The third-order valence-electron chi connectivity index (χ3n) is 4.62. The molecule has 0 aromatic heterocycles. The van der Waals surface area contributed by atoms with Crippen molar-refractivity contribution in [2.24, 2.45) is 0 Å². The second-order valence-corrected chi connectivity index (χ2v) is 7.31. The van der Waals surface area contributed by atoms with E-state index in [1.165, 1.54) is 7.11 Å². The molecule has 2 heterocycles. The molecule has 130 valence electrons. The normalized spacial score (nSPS) is 19.8. The number of nitrogens with zero attached hydrogens (tertiary/aromatic N) is 2. The van der Waals surface area contributed by atoms with Gasteiger partial charge in [-0.25, -0.2) is 0 Å². The molecule has 2 fully saturated rings. The molecule has 0 unspecified atom stereocenters. The zero-order valence-electron chi connectivity index (χ0n) is 14.0. The molecular formula is C17H22N2O4S. The Hall–Kier alpha value is -1.73. The molecule has 2 aliphatic heterocycles. The SMILES string of the molecule is COCC(=O)N1CCC2(CC1)SCC(=O)N2c1ccc(OC)cc1. The second kappa shape index (κ2) is 7.03. The van der Waals surface area contributed by atoms with Crippen LogP contribution in [0.4, 0.5) is 5.69 Å². The zero-order chi connectivity index (χ0) is 17.2. The molecule has 0 N–H and O–H groups in total. The summed E-state index contributed by atoms with van der Waals surface area (Å²) in [6, 6.07) is 7.59. The molecule has 0 saturated carbocycles. The van der Waals surface area contributed by atoms with E-state index < -0.39 is 0 Å². The number of thioether (sulfide) groups is 1. The van der Waals surface area contributed by atoms with Crippen molar-refractivity contribution in [2.75, 3.05) is 44.6 Å². The Morgan fingerprint density at radius 2 is 1.88 bits per heavy atom. The van der Waals surface area contributed by atoms with E-state index in [1.807, 2.05) is 34.1 Å². The molecule has 2 aliphatic rings. The van der Waals surface area contributed by atoms with E-state index >= 15 is 0 Å². The molecule has 2 amide bonds. The van der Waals surface area contributed by atoms with Gasteiger partial charge in [0.25, 0.3) is 0 Å². The minimum Gasteiger partial charge on any atom is -0.497 e. The van der Waals surface area contributed by atoms with E-state index in [0.717, 1.165) is 24.3 Å². The molecule has 7 heteroatoms. The Balaban J connectivity index is 1.77. The third kappa shape index (κ3) is 3.10. The van der Waals surface area contributed by atoms with Crippen LogP contribution in [-0.4, -0.2) is 61.3 Å². The van der Waals surface area contributed by atoms with Crippen LogP contribution in [0.3, 0.4) is 0 Å². The topological polar surface area (TPSA) is 59.1 Å². The lowest BCUT2D eigenvalue weighted by molar-refractivity contribution is -0.136. The number of benzene rings is 1. The predicted octanol–water partition coefficient (Wildman–Crippen LogP) is 1.74. The Labute approximate surface area is 146 Å². The van der Waals surface area contributed by atoms with E-state index in [1.54, 1.807) is 18.9 Å². The lowest BCUT2D eigenvalue weighted by Crippen LogP contribution is -2.53. The van der Waals surface area contributed by atoms with Gasteiger partial charge in [-0.15, -0.1) is 11.8 Å². The van der Waals surface area contributed by atoms with Gasteiger partial charge in [-0.2, -0.15) is 0 Å². The van der Waals surface area contributed by atoms with Gasteiger partial charge in [-0.3, -0.25) is 14.5 Å². The van der Waals surface area contributed by atoms with Gasteiger partial charge in [0.2, 0.25) is 11.8 Å². The number of anilines is 1. The maximum atomic E-state index is 12.5. The fourth-order valence-electron chi connectivity index (χ4n) is 3.35. The van der Waals surface area contributed by atoms with Gasteiger partial charge < -0.3 is 14.4 Å². The number of likely N-dealkylation sites (tertiary alicyclic amines) is 1. The first-order chi connectivity index (χ1) is 11.6. The molecule has 6 nitrogen and oxygen atoms in total. The van der Waals surface area contributed by atoms with Crippen LogP contribution in [0.15, 0.2) is 24.3 Å². The molecule has 0 aliphatic carbocycles. The van der Waals surface area contributed by atoms with Gasteiger partial charge in [-0.1, -0.05) is 0 Å². The standard InChI is InChI=1S/C17H22N2O4S/c1-22-11-15(20)18-9-7-17(8-10-18)19(16(21)12-24-17)13-3-5-14(23-2)6-4-13/h3-6H,7-12H2,1-2H3. The molecule has 3 rings (SSSR count). The summed E-state index contributed by atoms with van der Waals surface area (Å²) in [5, 5.41) is 0. The minimum absolute atomic E-state index is 0.0117. The van der Waals surface area contributed by atoms with E-state index in [2.05, 4.69) is 0 Å². The van der Waals surface area contributed by atoms with Crippen molar-refractivity contribution >= 4 is 29.3 Å². The molecule has 0 atom stereocenters. The average Bonchev–Trinajstić information content (AvgIpc) is 2.92. The maximum absolute atomic E-state index is 12.5. The number of carbonyl (C=O) groups excluding carboxylic acids is 2. The van der Waals surface area contributed by atoms with Gasteiger partial charge >= 0.3 is 0 Å². The van der Waals surface area contributed by atoms with Crippen molar-refractivity contribution in [1.82, 2.24) is 4.90 Å². The van der Waals surface area contributed by atoms with Gasteiger partial charge in [0, 0.05) is 25.9 Å².